The largest absolute Gasteiger partial charge is 0.459 e. The summed E-state index contributed by atoms with van der Waals surface area (Å²) in [6, 6.07) is 10.1. The molecular formula is C20H13Cl3N2O3. The maximum Gasteiger partial charge on any atom is 0.291 e. The summed E-state index contributed by atoms with van der Waals surface area (Å²) in [5, 5.41) is 3.49. The minimum atomic E-state index is -0.440. The van der Waals surface area contributed by atoms with Crippen LogP contribution in [0.15, 0.2) is 47.1 Å². The van der Waals surface area contributed by atoms with Crippen LogP contribution >= 0.6 is 34.8 Å². The quantitative estimate of drug-likeness (QED) is 0.552. The van der Waals surface area contributed by atoms with E-state index in [0.717, 1.165) is 5.56 Å². The van der Waals surface area contributed by atoms with Gasteiger partial charge >= 0.3 is 0 Å². The average molecular weight is 436 g/mol. The highest BCUT2D eigenvalue weighted by atomic mass is 35.5. The Morgan fingerprint density at radius 3 is 2.57 bits per heavy atom. The van der Waals surface area contributed by atoms with Gasteiger partial charge in [-0.2, -0.15) is 0 Å². The van der Waals surface area contributed by atoms with E-state index in [0.29, 0.717) is 34.1 Å². The fraction of sp³-hybridized carbons (Fsp3) is 0.100. The van der Waals surface area contributed by atoms with E-state index in [1.54, 1.807) is 43.3 Å². The maximum absolute atomic E-state index is 12.8. The second-order valence-corrected chi connectivity index (χ2v) is 7.47. The van der Waals surface area contributed by atoms with Gasteiger partial charge in [0.15, 0.2) is 5.76 Å². The van der Waals surface area contributed by atoms with Gasteiger partial charge in [0.25, 0.3) is 11.8 Å². The van der Waals surface area contributed by atoms with Gasteiger partial charge in [-0.15, -0.1) is 0 Å². The molecule has 0 radical (unpaired) electrons. The number of nitrogens with zero attached hydrogens (tertiary/aromatic N) is 1. The number of anilines is 2. The number of amides is 2. The van der Waals surface area contributed by atoms with E-state index in [4.69, 9.17) is 39.2 Å². The third-order valence-corrected chi connectivity index (χ3v) is 5.81. The van der Waals surface area contributed by atoms with Crippen molar-refractivity contribution in [3.63, 3.8) is 0 Å². The molecule has 1 aliphatic heterocycles. The molecule has 0 spiro atoms. The Bertz CT molecular complexity index is 1120. The lowest BCUT2D eigenvalue weighted by Crippen LogP contribution is -2.23. The van der Waals surface area contributed by atoms with E-state index in [9.17, 15) is 9.59 Å². The van der Waals surface area contributed by atoms with Gasteiger partial charge in [0.1, 0.15) is 0 Å². The summed E-state index contributed by atoms with van der Waals surface area (Å²) in [4.78, 5) is 26.6. The van der Waals surface area contributed by atoms with Crippen LogP contribution in [0.5, 0.6) is 0 Å². The molecule has 2 aromatic carbocycles. The molecule has 0 aliphatic carbocycles. The van der Waals surface area contributed by atoms with Gasteiger partial charge in [-0.05, 0) is 37.3 Å². The Labute approximate surface area is 175 Å². The van der Waals surface area contributed by atoms with Crippen molar-refractivity contribution in [1.82, 2.24) is 0 Å². The van der Waals surface area contributed by atoms with Crippen molar-refractivity contribution < 1.29 is 14.0 Å². The smallest absolute Gasteiger partial charge is 0.291 e. The van der Waals surface area contributed by atoms with E-state index in [1.807, 2.05) is 0 Å². The van der Waals surface area contributed by atoms with Crippen molar-refractivity contribution in [3.05, 3.63) is 80.2 Å². The molecule has 0 saturated heterocycles. The first-order chi connectivity index (χ1) is 13.4. The van der Waals surface area contributed by atoms with Crippen LogP contribution in [-0.2, 0) is 6.54 Å². The molecule has 0 saturated carbocycles. The second-order valence-electron chi connectivity index (χ2n) is 6.30. The molecule has 28 heavy (non-hydrogen) atoms. The van der Waals surface area contributed by atoms with E-state index in [-0.39, 0.29) is 21.7 Å². The van der Waals surface area contributed by atoms with Crippen LogP contribution in [0.3, 0.4) is 0 Å². The van der Waals surface area contributed by atoms with Crippen LogP contribution in [-0.4, -0.2) is 11.8 Å². The van der Waals surface area contributed by atoms with Gasteiger partial charge in [-0.25, -0.2) is 0 Å². The van der Waals surface area contributed by atoms with Crippen molar-refractivity contribution >= 4 is 58.0 Å². The van der Waals surface area contributed by atoms with Gasteiger partial charge in [0, 0.05) is 21.7 Å². The molecule has 142 valence electrons. The SMILES string of the molecule is Cc1ccoc1C(=O)Nc1ccc(N2Cc3c(Cl)cccc3C2=O)c(Cl)c1Cl. The molecule has 4 rings (SSSR count). The lowest BCUT2D eigenvalue weighted by Gasteiger charge is -2.19. The first kappa shape index (κ1) is 18.9. The zero-order valence-electron chi connectivity index (χ0n) is 14.6. The number of nitrogens with one attached hydrogen (secondary N) is 1. The minimum Gasteiger partial charge on any atom is -0.459 e. The van der Waals surface area contributed by atoms with Crippen molar-refractivity contribution in [3.8, 4) is 0 Å². The standard InChI is InChI=1S/C20H13Cl3N2O3/c1-10-7-8-28-18(10)19(26)24-14-5-6-15(17(23)16(14)22)25-9-12-11(20(25)27)3-2-4-13(12)21/h2-8H,9H2,1H3,(H,24,26). The van der Waals surface area contributed by atoms with E-state index < -0.39 is 5.91 Å². The Balaban J connectivity index is 1.64. The Kier molecular flexibility index (Phi) is 4.83. The molecule has 0 unspecified atom stereocenters. The highest BCUT2D eigenvalue weighted by Gasteiger charge is 2.32. The highest BCUT2D eigenvalue weighted by molar-refractivity contribution is 6.46. The second kappa shape index (κ2) is 7.17. The molecule has 0 bridgehead atoms. The molecule has 2 heterocycles. The topological polar surface area (TPSA) is 62.6 Å². The van der Waals surface area contributed by atoms with E-state index >= 15 is 0 Å². The van der Waals surface area contributed by atoms with E-state index in [1.165, 1.54) is 11.2 Å². The monoisotopic (exact) mass is 434 g/mol. The number of hydrogen-bond donors (Lipinski definition) is 1. The number of halogens is 3. The summed E-state index contributed by atoms with van der Waals surface area (Å²) < 4.78 is 5.18. The van der Waals surface area contributed by atoms with Crippen molar-refractivity contribution in [2.24, 2.45) is 0 Å². The lowest BCUT2D eigenvalue weighted by atomic mass is 10.1. The minimum absolute atomic E-state index is 0.131. The molecule has 5 nitrogen and oxygen atoms in total. The third kappa shape index (κ3) is 3.05. The first-order valence-electron chi connectivity index (χ1n) is 8.31. The molecule has 2 amide bonds. The Morgan fingerprint density at radius 2 is 1.89 bits per heavy atom. The molecular weight excluding hydrogens is 423 g/mol. The van der Waals surface area contributed by atoms with Gasteiger partial charge in [0.2, 0.25) is 0 Å². The average Bonchev–Trinajstić information content (AvgIpc) is 3.24. The van der Waals surface area contributed by atoms with Crippen LogP contribution in [0.1, 0.15) is 32.0 Å². The zero-order chi connectivity index (χ0) is 20.0. The summed E-state index contributed by atoms with van der Waals surface area (Å²) in [6.45, 7) is 2.05. The number of hydrogen-bond acceptors (Lipinski definition) is 3. The number of carbonyl (C=O) groups excluding carboxylic acids is 2. The molecule has 1 N–H and O–H groups in total. The number of fused-ring (bicyclic) bond motifs is 1. The molecule has 8 heteroatoms. The first-order valence-corrected chi connectivity index (χ1v) is 9.44. The predicted molar refractivity (Wildman–Crippen MR) is 110 cm³/mol. The summed E-state index contributed by atoms with van der Waals surface area (Å²) >= 11 is 19.0. The molecule has 1 aliphatic rings. The fourth-order valence-corrected chi connectivity index (χ4v) is 3.83. The number of aryl methyl sites for hydroxylation is 1. The van der Waals surface area contributed by atoms with Crippen molar-refractivity contribution in [2.45, 2.75) is 13.5 Å². The molecule has 3 aromatic rings. The molecule has 1 aromatic heterocycles. The van der Waals surface area contributed by atoms with Crippen LogP contribution in [0, 0.1) is 6.92 Å². The van der Waals surface area contributed by atoms with Gasteiger partial charge < -0.3 is 14.6 Å². The Hall–Kier alpha value is -2.47. The summed E-state index contributed by atoms with van der Waals surface area (Å²) in [5.74, 6) is -0.459. The third-order valence-electron chi connectivity index (χ3n) is 4.58. The predicted octanol–water partition coefficient (Wildman–Crippen LogP) is 5.96. The number of benzene rings is 2. The van der Waals surface area contributed by atoms with Gasteiger partial charge in [-0.1, -0.05) is 40.9 Å². The number of rotatable bonds is 3. The molecule has 0 atom stereocenters. The fourth-order valence-electron chi connectivity index (χ4n) is 3.12. The summed E-state index contributed by atoms with van der Waals surface area (Å²) in [7, 11) is 0. The van der Waals surface area contributed by atoms with Gasteiger partial charge in [0.05, 0.1) is 34.2 Å². The van der Waals surface area contributed by atoms with Crippen LogP contribution in [0.2, 0.25) is 15.1 Å². The van der Waals surface area contributed by atoms with Crippen LogP contribution in [0.25, 0.3) is 0 Å². The maximum atomic E-state index is 12.8. The Morgan fingerprint density at radius 1 is 1.11 bits per heavy atom. The van der Waals surface area contributed by atoms with Crippen molar-refractivity contribution in [2.75, 3.05) is 10.2 Å². The van der Waals surface area contributed by atoms with Gasteiger partial charge in [-0.3, -0.25) is 9.59 Å². The number of carbonyl (C=O) groups is 2. The molecule has 0 fully saturated rings. The van der Waals surface area contributed by atoms with Crippen LogP contribution < -0.4 is 10.2 Å². The van der Waals surface area contributed by atoms with E-state index in [2.05, 4.69) is 5.32 Å². The summed E-state index contributed by atoms with van der Waals surface area (Å²) in [5.41, 5.74) is 2.74. The zero-order valence-corrected chi connectivity index (χ0v) is 16.8. The number of furan rings is 1. The van der Waals surface area contributed by atoms with Crippen molar-refractivity contribution in [1.29, 1.82) is 0 Å². The summed E-state index contributed by atoms with van der Waals surface area (Å²) in [6.07, 6.45) is 1.43. The normalized spacial score (nSPS) is 13.0. The van der Waals surface area contributed by atoms with Crippen LogP contribution in [0.4, 0.5) is 11.4 Å². The highest BCUT2D eigenvalue weighted by Crippen LogP contribution is 2.41. The lowest BCUT2D eigenvalue weighted by molar-refractivity contribution is 0.0988.